The zero-order valence-electron chi connectivity index (χ0n) is 8.06. The number of para-hydroxylation sites is 1. The Morgan fingerprint density at radius 3 is 1.71 bits per heavy atom. The number of aromatic hydroxyl groups is 1. The van der Waals surface area contributed by atoms with E-state index in [1.165, 1.54) is 0 Å². The Balaban J connectivity index is 0. The zero-order chi connectivity index (χ0) is 10.3. The Morgan fingerprint density at radius 1 is 1.21 bits per heavy atom. The summed E-state index contributed by atoms with van der Waals surface area (Å²) in [6, 6.07) is 8.71. The van der Waals surface area contributed by atoms with Crippen LogP contribution in [0.5, 0.6) is 5.75 Å². The van der Waals surface area contributed by atoms with Crippen LogP contribution in [0.15, 0.2) is 30.3 Å². The number of carbonyl (C=O) groups is 2. The molecule has 0 fully saturated rings. The Kier molecular flexibility index (Phi) is 9.76. The molecule has 0 amide bonds. The molecule has 1 N–H and O–H groups in total. The summed E-state index contributed by atoms with van der Waals surface area (Å²) in [5, 5.41) is 17.9. The van der Waals surface area contributed by atoms with Crippen LogP contribution in [-0.2, 0) is 9.59 Å². The fraction of sp³-hybridized carbons (Fsp3) is 0.111. The van der Waals surface area contributed by atoms with Crippen molar-refractivity contribution in [1.82, 2.24) is 0 Å². The molecule has 0 heterocycles. The van der Waals surface area contributed by atoms with Gasteiger partial charge in [0.2, 0.25) is 0 Å². The van der Waals surface area contributed by atoms with Crippen LogP contribution in [0.4, 0.5) is 0 Å². The van der Waals surface area contributed by atoms with Gasteiger partial charge in [-0.15, -0.1) is 0 Å². The number of benzene rings is 1. The van der Waals surface area contributed by atoms with Crippen molar-refractivity contribution in [2.24, 2.45) is 0 Å². The minimum Gasteiger partial charge on any atom is -0.542 e. The summed E-state index contributed by atoms with van der Waals surface area (Å²) in [4.78, 5) is 18.7. The second-order valence-corrected chi connectivity index (χ2v) is 2.18. The van der Waals surface area contributed by atoms with E-state index in [9.17, 15) is 14.7 Å². The molecule has 0 unspecified atom stereocenters. The number of carboxylic acid groups (broad SMARTS) is 1. The van der Waals surface area contributed by atoms with E-state index in [0.29, 0.717) is 5.75 Å². The van der Waals surface area contributed by atoms with Crippen LogP contribution in [0.1, 0.15) is 6.92 Å². The molecule has 4 nitrogen and oxygen atoms in total. The topological polar surface area (TPSA) is 77.4 Å². The SMILES string of the molecule is CC(=O)C(=O)[O-].Oc1ccccc1.[Na+]. The number of Topliss-reactive ketones (excluding diaryl/α,β-unsaturated/α-hetero) is 1. The number of hydrogen-bond donors (Lipinski definition) is 1. The number of hydrogen-bond acceptors (Lipinski definition) is 4. The molecule has 1 rings (SSSR count). The summed E-state index contributed by atoms with van der Waals surface area (Å²) in [7, 11) is 0. The molecule has 0 aliphatic heterocycles. The number of aliphatic carboxylic acids is 1. The molecule has 0 saturated carbocycles. The van der Waals surface area contributed by atoms with Crippen molar-refractivity contribution in [2.45, 2.75) is 6.92 Å². The normalized spacial score (nSPS) is 7.50. The maximum absolute atomic E-state index is 9.48. The predicted molar refractivity (Wildman–Crippen MR) is 43.8 cm³/mol. The molecule has 70 valence electrons. The van der Waals surface area contributed by atoms with Gasteiger partial charge in [-0.05, 0) is 12.1 Å². The molecular weight excluding hydrogens is 195 g/mol. The third-order valence-corrected chi connectivity index (χ3v) is 1.04. The van der Waals surface area contributed by atoms with E-state index in [1.54, 1.807) is 24.3 Å². The molecule has 0 aliphatic carbocycles. The largest absolute Gasteiger partial charge is 1.00 e. The van der Waals surface area contributed by atoms with Gasteiger partial charge in [-0.3, -0.25) is 4.79 Å². The molecule has 0 radical (unpaired) electrons. The van der Waals surface area contributed by atoms with Gasteiger partial charge in [-0.25, -0.2) is 0 Å². The molecule has 0 spiro atoms. The van der Waals surface area contributed by atoms with Crippen LogP contribution in [0.25, 0.3) is 0 Å². The third kappa shape index (κ3) is 9.25. The summed E-state index contributed by atoms with van der Waals surface area (Å²) in [5.41, 5.74) is 0. The average molecular weight is 204 g/mol. The van der Waals surface area contributed by atoms with Gasteiger partial charge in [0.1, 0.15) is 11.7 Å². The smallest absolute Gasteiger partial charge is 0.542 e. The van der Waals surface area contributed by atoms with E-state index < -0.39 is 11.8 Å². The van der Waals surface area contributed by atoms with Gasteiger partial charge >= 0.3 is 29.6 Å². The molecule has 0 atom stereocenters. The first-order valence-electron chi connectivity index (χ1n) is 3.50. The third-order valence-electron chi connectivity index (χ3n) is 1.04. The van der Waals surface area contributed by atoms with E-state index in [4.69, 9.17) is 5.11 Å². The molecule has 0 aromatic heterocycles. The maximum Gasteiger partial charge on any atom is 1.00 e. The number of rotatable bonds is 1. The first kappa shape index (κ1) is 15.6. The van der Waals surface area contributed by atoms with Crippen LogP contribution < -0.4 is 34.7 Å². The minimum atomic E-state index is -1.63. The molecule has 14 heavy (non-hydrogen) atoms. The molecule has 1 aromatic carbocycles. The number of carboxylic acids is 1. The van der Waals surface area contributed by atoms with Crippen LogP contribution >= 0.6 is 0 Å². The molecule has 0 bridgehead atoms. The summed E-state index contributed by atoms with van der Waals surface area (Å²) >= 11 is 0. The second kappa shape index (κ2) is 8.74. The van der Waals surface area contributed by atoms with Crippen LogP contribution in [0.3, 0.4) is 0 Å². The van der Waals surface area contributed by atoms with Crippen LogP contribution in [0.2, 0.25) is 0 Å². The van der Waals surface area contributed by atoms with E-state index in [2.05, 4.69) is 0 Å². The van der Waals surface area contributed by atoms with Crippen LogP contribution in [-0.4, -0.2) is 16.9 Å². The van der Waals surface area contributed by atoms with Crippen molar-refractivity contribution in [3.8, 4) is 5.75 Å². The van der Waals surface area contributed by atoms with Gasteiger partial charge in [-0.2, -0.15) is 0 Å². The van der Waals surface area contributed by atoms with Gasteiger partial charge < -0.3 is 15.0 Å². The van der Waals surface area contributed by atoms with Crippen molar-refractivity contribution in [1.29, 1.82) is 0 Å². The summed E-state index contributed by atoms with van der Waals surface area (Å²) in [6.07, 6.45) is 0. The summed E-state index contributed by atoms with van der Waals surface area (Å²) in [5.74, 6) is -2.24. The summed E-state index contributed by atoms with van der Waals surface area (Å²) in [6.45, 7) is 0.940. The van der Waals surface area contributed by atoms with E-state index in [1.807, 2.05) is 6.07 Å². The van der Waals surface area contributed by atoms with Gasteiger partial charge in [0.15, 0.2) is 5.78 Å². The van der Waals surface area contributed by atoms with Crippen LogP contribution in [0, 0.1) is 0 Å². The monoisotopic (exact) mass is 204 g/mol. The minimum absolute atomic E-state index is 0. The zero-order valence-corrected chi connectivity index (χ0v) is 10.1. The molecule has 5 heteroatoms. The molecule has 1 aromatic rings. The van der Waals surface area contributed by atoms with Crippen molar-refractivity contribution >= 4 is 11.8 Å². The standard InChI is InChI=1S/C6H6O.C3H4O3.Na/c7-6-4-2-1-3-5-6;1-2(4)3(5)6;/h1-5,7H;1H3,(H,5,6);/q;;+1/p-1. The Hall–Kier alpha value is -0.840. The fourth-order valence-corrected chi connectivity index (χ4v) is 0.428. The second-order valence-electron chi connectivity index (χ2n) is 2.18. The average Bonchev–Trinajstić information content (AvgIpc) is 2.06. The predicted octanol–water partition coefficient (Wildman–Crippen LogP) is -3.28. The first-order chi connectivity index (χ1) is 6.04. The Bertz CT molecular complexity index is 272. The van der Waals surface area contributed by atoms with Crippen molar-refractivity contribution in [3.05, 3.63) is 30.3 Å². The van der Waals surface area contributed by atoms with E-state index in [0.717, 1.165) is 6.92 Å². The number of carbonyl (C=O) groups excluding carboxylic acids is 2. The van der Waals surface area contributed by atoms with Crippen molar-refractivity contribution < 1.29 is 49.4 Å². The van der Waals surface area contributed by atoms with Crippen molar-refractivity contribution in [2.75, 3.05) is 0 Å². The molecule has 0 aliphatic rings. The van der Waals surface area contributed by atoms with Gasteiger partial charge in [0.05, 0.1) is 0 Å². The number of ketones is 1. The van der Waals surface area contributed by atoms with Gasteiger partial charge in [0.25, 0.3) is 0 Å². The summed E-state index contributed by atoms with van der Waals surface area (Å²) < 4.78 is 0. The van der Waals surface area contributed by atoms with E-state index >= 15 is 0 Å². The van der Waals surface area contributed by atoms with Gasteiger partial charge in [0, 0.05) is 6.92 Å². The maximum atomic E-state index is 9.48. The first-order valence-corrected chi connectivity index (χ1v) is 3.50. The van der Waals surface area contributed by atoms with E-state index in [-0.39, 0.29) is 29.6 Å². The quantitative estimate of drug-likeness (QED) is 0.384. The van der Waals surface area contributed by atoms with Gasteiger partial charge in [-0.1, -0.05) is 18.2 Å². The molecule has 0 saturated heterocycles. The fourth-order valence-electron chi connectivity index (χ4n) is 0.428. The number of phenols is 1. The number of phenolic OH excluding ortho intramolecular Hbond substituents is 1. The van der Waals surface area contributed by atoms with Crippen molar-refractivity contribution in [3.63, 3.8) is 0 Å². The Labute approximate surface area is 104 Å². The Morgan fingerprint density at radius 2 is 1.57 bits per heavy atom. The molecular formula is C9H9NaO4.